The number of hydrogen-bond acceptors (Lipinski definition) is 2. The molecule has 2 aromatic rings. The van der Waals surface area contributed by atoms with Crippen LogP contribution in [0, 0.1) is 0 Å². The van der Waals surface area contributed by atoms with Gasteiger partial charge in [-0.15, -0.1) is 0 Å². The molecule has 0 fully saturated rings. The molecule has 3 rings (SSSR count). The van der Waals surface area contributed by atoms with E-state index in [2.05, 4.69) is 35.4 Å². The maximum absolute atomic E-state index is 12.3. The molecule has 2 aromatic carbocycles. The Bertz CT molecular complexity index is 727. The first kappa shape index (κ1) is 16.1. The van der Waals surface area contributed by atoms with Crippen molar-refractivity contribution in [1.82, 2.24) is 5.32 Å². The number of carbonyl (C=O) groups is 1. The highest BCUT2D eigenvalue weighted by molar-refractivity contribution is 5.89. The van der Waals surface area contributed by atoms with Gasteiger partial charge in [0.15, 0.2) is 0 Å². The monoisotopic (exact) mass is 322 g/mol. The van der Waals surface area contributed by atoms with Crippen LogP contribution in [0.3, 0.4) is 0 Å². The molecular weight excluding hydrogens is 300 g/mol. The summed E-state index contributed by atoms with van der Waals surface area (Å²) in [5, 5.41) is 5.96. The van der Waals surface area contributed by atoms with Crippen LogP contribution in [-0.4, -0.2) is 12.6 Å². The van der Waals surface area contributed by atoms with E-state index in [1.165, 1.54) is 11.1 Å². The quantitative estimate of drug-likeness (QED) is 0.799. The van der Waals surface area contributed by atoms with Crippen LogP contribution in [0.15, 0.2) is 61.2 Å². The zero-order chi connectivity index (χ0) is 16.8. The number of fused-ring (bicyclic) bond motifs is 1. The summed E-state index contributed by atoms with van der Waals surface area (Å²) in [6.07, 6.45) is 4.83. The predicted octanol–water partition coefficient (Wildman–Crippen LogP) is 4.45. The van der Waals surface area contributed by atoms with E-state index in [9.17, 15) is 4.79 Å². The zero-order valence-corrected chi connectivity index (χ0v) is 13.6. The van der Waals surface area contributed by atoms with Gasteiger partial charge in [0, 0.05) is 11.8 Å². The van der Waals surface area contributed by atoms with Crippen molar-refractivity contribution in [1.29, 1.82) is 0 Å². The van der Waals surface area contributed by atoms with Gasteiger partial charge in [-0.3, -0.25) is 0 Å². The maximum atomic E-state index is 12.3. The van der Waals surface area contributed by atoms with Crippen molar-refractivity contribution in [2.24, 2.45) is 0 Å². The SMILES string of the molecule is C=CCOc1cccc(NC(=O)NC2CCCc3ccccc32)c1. The summed E-state index contributed by atoms with van der Waals surface area (Å²) in [6.45, 7) is 4.06. The molecule has 4 heteroatoms. The van der Waals surface area contributed by atoms with Crippen molar-refractivity contribution >= 4 is 11.7 Å². The topological polar surface area (TPSA) is 50.4 Å². The van der Waals surface area contributed by atoms with Crippen LogP contribution in [0.1, 0.15) is 30.0 Å². The number of hydrogen-bond donors (Lipinski definition) is 2. The van der Waals surface area contributed by atoms with Gasteiger partial charge in [0.2, 0.25) is 0 Å². The Morgan fingerprint density at radius 1 is 1.25 bits per heavy atom. The molecule has 1 aliphatic rings. The zero-order valence-electron chi connectivity index (χ0n) is 13.6. The number of carbonyl (C=O) groups excluding carboxylic acids is 1. The molecule has 1 unspecified atom stereocenters. The Balaban J connectivity index is 1.63. The van der Waals surface area contributed by atoms with E-state index in [0.29, 0.717) is 18.0 Å². The fraction of sp³-hybridized carbons (Fsp3) is 0.250. The lowest BCUT2D eigenvalue weighted by Gasteiger charge is -2.26. The molecule has 24 heavy (non-hydrogen) atoms. The number of ether oxygens (including phenoxy) is 1. The van der Waals surface area contributed by atoms with Gasteiger partial charge < -0.3 is 15.4 Å². The first-order chi connectivity index (χ1) is 11.8. The van der Waals surface area contributed by atoms with Gasteiger partial charge in [-0.1, -0.05) is 43.0 Å². The number of amides is 2. The molecule has 0 aromatic heterocycles. The molecule has 2 amide bonds. The average molecular weight is 322 g/mol. The molecule has 0 bridgehead atoms. The average Bonchev–Trinajstić information content (AvgIpc) is 2.60. The number of nitrogens with one attached hydrogen (secondary N) is 2. The molecule has 124 valence electrons. The van der Waals surface area contributed by atoms with Gasteiger partial charge in [0.25, 0.3) is 0 Å². The molecule has 0 saturated carbocycles. The van der Waals surface area contributed by atoms with E-state index in [1.54, 1.807) is 12.1 Å². The van der Waals surface area contributed by atoms with Gasteiger partial charge >= 0.3 is 6.03 Å². The highest BCUT2D eigenvalue weighted by Gasteiger charge is 2.21. The van der Waals surface area contributed by atoms with Crippen molar-refractivity contribution in [3.8, 4) is 5.75 Å². The summed E-state index contributed by atoms with van der Waals surface area (Å²) >= 11 is 0. The Morgan fingerprint density at radius 2 is 2.12 bits per heavy atom. The summed E-state index contributed by atoms with van der Waals surface area (Å²) in [7, 11) is 0. The van der Waals surface area contributed by atoms with Crippen LogP contribution < -0.4 is 15.4 Å². The van der Waals surface area contributed by atoms with E-state index in [1.807, 2.05) is 24.3 Å². The molecule has 4 nitrogen and oxygen atoms in total. The lowest BCUT2D eigenvalue weighted by atomic mass is 9.88. The van der Waals surface area contributed by atoms with Crippen LogP contribution in [-0.2, 0) is 6.42 Å². The highest BCUT2D eigenvalue weighted by Crippen LogP contribution is 2.29. The van der Waals surface area contributed by atoms with E-state index in [4.69, 9.17) is 4.74 Å². The fourth-order valence-electron chi connectivity index (χ4n) is 3.05. The van der Waals surface area contributed by atoms with Crippen molar-refractivity contribution < 1.29 is 9.53 Å². The van der Waals surface area contributed by atoms with Crippen LogP contribution in [0.4, 0.5) is 10.5 Å². The Morgan fingerprint density at radius 3 is 3.00 bits per heavy atom. The number of aryl methyl sites for hydroxylation is 1. The van der Waals surface area contributed by atoms with E-state index in [0.717, 1.165) is 19.3 Å². The first-order valence-corrected chi connectivity index (χ1v) is 8.25. The number of rotatable bonds is 5. The summed E-state index contributed by atoms with van der Waals surface area (Å²) in [5.41, 5.74) is 3.26. The second kappa shape index (κ2) is 7.68. The molecule has 1 atom stereocenters. The van der Waals surface area contributed by atoms with Crippen molar-refractivity contribution in [2.75, 3.05) is 11.9 Å². The fourth-order valence-corrected chi connectivity index (χ4v) is 3.05. The van der Waals surface area contributed by atoms with Gasteiger partial charge in [0.1, 0.15) is 12.4 Å². The standard InChI is InChI=1S/C20H22N2O2/c1-2-13-24-17-10-6-9-16(14-17)21-20(23)22-19-12-5-8-15-7-3-4-11-18(15)19/h2-4,6-7,9-11,14,19H,1,5,8,12-13H2,(H2,21,22,23). The second-order valence-corrected chi connectivity index (χ2v) is 5.87. The third-order valence-electron chi connectivity index (χ3n) is 4.13. The number of urea groups is 1. The first-order valence-electron chi connectivity index (χ1n) is 8.25. The summed E-state index contributed by atoms with van der Waals surface area (Å²) < 4.78 is 5.48. The van der Waals surface area contributed by atoms with Gasteiger partial charge in [-0.2, -0.15) is 0 Å². The van der Waals surface area contributed by atoms with Crippen LogP contribution in [0.2, 0.25) is 0 Å². The van der Waals surface area contributed by atoms with Crippen molar-refractivity contribution in [3.63, 3.8) is 0 Å². The van der Waals surface area contributed by atoms with E-state index < -0.39 is 0 Å². The van der Waals surface area contributed by atoms with Crippen LogP contribution in [0.25, 0.3) is 0 Å². The molecule has 0 heterocycles. The minimum Gasteiger partial charge on any atom is -0.489 e. The van der Waals surface area contributed by atoms with Gasteiger partial charge in [-0.25, -0.2) is 4.79 Å². The van der Waals surface area contributed by atoms with E-state index >= 15 is 0 Å². The highest BCUT2D eigenvalue weighted by atomic mass is 16.5. The molecule has 0 spiro atoms. The van der Waals surface area contributed by atoms with Gasteiger partial charge in [-0.05, 0) is 42.5 Å². The normalized spacial score (nSPS) is 15.9. The van der Waals surface area contributed by atoms with Crippen molar-refractivity contribution in [2.45, 2.75) is 25.3 Å². The smallest absolute Gasteiger partial charge is 0.319 e. The second-order valence-electron chi connectivity index (χ2n) is 5.87. The predicted molar refractivity (Wildman–Crippen MR) is 96.4 cm³/mol. The minimum atomic E-state index is -0.197. The molecule has 2 N–H and O–H groups in total. The third kappa shape index (κ3) is 3.96. The Labute approximate surface area is 142 Å². The molecule has 1 aliphatic carbocycles. The summed E-state index contributed by atoms with van der Waals surface area (Å²) in [4.78, 5) is 12.3. The number of benzene rings is 2. The molecule has 0 radical (unpaired) electrons. The van der Waals surface area contributed by atoms with Crippen LogP contribution >= 0.6 is 0 Å². The molecule has 0 saturated heterocycles. The Hall–Kier alpha value is -2.75. The van der Waals surface area contributed by atoms with Crippen molar-refractivity contribution in [3.05, 3.63) is 72.3 Å². The minimum absolute atomic E-state index is 0.0650. The maximum Gasteiger partial charge on any atom is 0.319 e. The van der Waals surface area contributed by atoms with Crippen LogP contribution in [0.5, 0.6) is 5.75 Å². The summed E-state index contributed by atoms with van der Waals surface area (Å²) in [6, 6.07) is 15.5. The lowest BCUT2D eigenvalue weighted by Crippen LogP contribution is -2.34. The Kier molecular flexibility index (Phi) is 5.16. The number of anilines is 1. The lowest BCUT2D eigenvalue weighted by molar-refractivity contribution is 0.247. The van der Waals surface area contributed by atoms with E-state index in [-0.39, 0.29) is 12.1 Å². The molecular formula is C20H22N2O2. The van der Waals surface area contributed by atoms with Gasteiger partial charge in [0.05, 0.1) is 6.04 Å². The molecule has 0 aliphatic heterocycles. The third-order valence-corrected chi connectivity index (χ3v) is 4.13. The largest absolute Gasteiger partial charge is 0.489 e. The summed E-state index contributed by atoms with van der Waals surface area (Å²) in [5.74, 6) is 0.704.